The van der Waals surface area contributed by atoms with E-state index in [1.54, 1.807) is 14.2 Å². The van der Waals surface area contributed by atoms with Crippen molar-refractivity contribution >= 4 is 29.9 Å². The standard InChI is InChI=1S/C20H31N5O2.HI/c1-16-19(17(2)25(24-16)18-9-6-5-7-10-18)15-23-20(21-3)22-11-8-12-27-14-13-26-4;/h5-7,9-10H,8,11-15H2,1-4H3,(H2,21,22,23);1H. The molecule has 0 atom stereocenters. The number of para-hydroxylation sites is 1. The van der Waals surface area contributed by atoms with Crippen LogP contribution in [0.1, 0.15) is 23.4 Å². The van der Waals surface area contributed by atoms with Crippen molar-refractivity contribution < 1.29 is 9.47 Å². The van der Waals surface area contributed by atoms with Crippen molar-refractivity contribution in [2.45, 2.75) is 26.8 Å². The molecule has 0 radical (unpaired) electrons. The first-order valence-electron chi connectivity index (χ1n) is 9.29. The smallest absolute Gasteiger partial charge is 0.191 e. The van der Waals surface area contributed by atoms with Gasteiger partial charge in [0.25, 0.3) is 0 Å². The lowest BCUT2D eigenvalue weighted by atomic mass is 10.2. The van der Waals surface area contributed by atoms with E-state index in [4.69, 9.17) is 9.47 Å². The summed E-state index contributed by atoms with van der Waals surface area (Å²) >= 11 is 0. The molecular formula is C20H32IN5O2. The zero-order valence-electron chi connectivity index (χ0n) is 17.2. The SMILES string of the molecule is CN=C(NCCCOCCOC)NCc1c(C)nn(-c2ccccc2)c1C.I. The van der Waals surface area contributed by atoms with Crippen LogP contribution in [0.15, 0.2) is 35.3 Å². The topological polar surface area (TPSA) is 72.7 Å². The molecule has 0 saturated heterocycles. The van der Waals surface area contributed by atoms with E-state index < -0.39 is 0 Å². The van der Waals surface area contributed by atoms with Gasteiger partial charge in [0, 0.05) is 45.1 Å². The minimum atomic E-state index is 0. The second-order valence-corrected chi connectivity index (χ2v) is 6.21. The fourth-order valence-electron chi connectivity index (χ4n) is 2.77. The number of aryl methyl sites for hydroxylation is 1. The molecule has 8 heteroatoms. The molecule has 0 aliphatic carbocycles. The van der Waals surface area contributed by atoms with E-state index in [0.29, 0.717) is 26.4 Å². The summed E-state index contributed by atoms with van der Waals surface area (Å²) in [6.45, 7) is 7.58. The summed E-state index contributed by atoms with van der Waals surface area (Å²) < 4.78 is 12.4. The molecule has 1 aromatic heterocycles. The number of guanidine groups is 1. The van der Waals surface area contributed by atoms with Crippen LogP contribution in [0.3, 0.4) is 0 Å². The van der Waals surface area contributed by atoms with Gasteiger partial charge in [-0.25, -0.2) is 4.68 Å². The van der Waals surface area contributed by atoms with Gasteiger partial charge < -0.3 is 20.1 Å². The van der Waals surface area contributed by atoms with Gasteiger partial charge in [-0.1, -0.05) is 18.2 Å². The van der Waals surface area contributed by atoms with Crippen LogP contribution in [-0.2, 0) is 16.0 Å². The zero-order valence-corrected chi connectivity index (χ0v) is 19.5. The Labute approximate surface area is 184 Å². The maximum absolute atomic E-state index is 5.46. The highest BCUT2D eigenvalue weighted by molar-refractivity contribution is 14.0. The van der Waals surface area contributed by atoms with Crippen molar-refractivity contribution in [1.29, 1.82) is 0 Å². The summed E-state index contributed by atoms with van der Waals surface area (Å²) in [4.78, 5) is 4.28. The summed E-state index contributed by atoms with van der Waals surface area (Å²) in [5.74, 6) is 0.776. The number of methoxy groups -OCH3 is 1. The third-order valence-corrected chi connectivity index (χ3v) is 4.29. The average molecular weight is 501 g/mol. The number of halogens is 1. The molecule has 2 aromatic rings. The fraction of sp³-hybridized carbons (Fsp3) is 0.500. The van der Waals surface area contributed by atoms with Gasteiger partial charge in [-0.3, -0.25) is 4.99 Å². The Morgan fingerprint density at radius 1 is 1.11 bits per heavy atom. The molecule has 1 aromatic carbocycles. The largest absolute Gasteiger partial charge is 0.382 e. The molecule has 0 fully saturated rings. The molecule has 2 rings (SSSR count). The van der Waals surface area contributed by atoms with Crippen molar-refractivity contribution in [2.75, 3.05) is 40.5 Å². The van der Waals surface area contributed by atoms with Crippen molar-refractivity contribution in [3.8, 4) is 5.69 Å². The van der Waals surface area contributed by atoms with Crippen LogP contribution in [0.4, 0.5) is 0 Å². The maximum Gasteiger partial charge on any atom is 0.191 e. The minimum absolute atomic E-state index is 0. The highest BCUT2D eigenvalue weighted by atomic mass is 127. The van der Waals surface area contributed by atoms with Crippen LogP contribution < -0.4 is 10.6 Å². The lowest BCUT2D eigenvalue weighted by molar-refractivity contribution is 0.0698. The Morgan fingerprint density at radius 2 is 1.86 bits per heavy atom. The zero-order chi connectivity index (χ0) is 19.5. The van der Waals surface area contributed by atoms with E-state index in [2.05, 4.69) is 39.8 Å². The summed E-state index contributed by atoms with van der Waals surface area (Å²) in [6, 6.07) is 10.2. The highest BCUT2D eigenvalue weighted by Gasteiger charge is 2.13. The van der Waals surface area contributed by atoms with E-state index in [1.807, 2.05) is 29.8 Å². The number of rotatable bonds is 10. The molecule has 0 amide bonds. The minimum Gasteiger partial charge on any atom is -0.382 e. The molecule has 156 valence electrons. The predicted molar refractivity (Wildman–Crippen MR) is 124 cm³/mol. The summed E-state index contributed by atoms with van der Waals surface area (Å²) in [5.41, 5.74) is 4.41. The Hall–Kier alpha value is -1.65. The number of hydrogen-bond donors (Lipinski definition) is 2. The third-order valence-electron chi connectivity index (χ3n) is 4.29. The van der Waals surface area contributed by atoms with Gasteiger partial charge in [0.2, 0.25) is 0 Å². The number of nitrogens with zero attached hydrogens (tertiary/aromatic N) is 3. The van der Waals surface area contributed by atoms with E-state index in [9.17, 15) is 0 Å². The Morgan fingerprint density at radius 3 is 2.54 bits per heavy atom. The molecule has 1 heterocycles. The Bertz CT molecular complexity index is 719. The van der Waals surface area contributed by atoms with Gasteiger partial charge >= 0.3 is 0 Å². The van der Waals surface area contributed by atoms with Gasteiger partial charge in [0.05, 0.1) is 24.6 Å². The molecule has 7 nitrogen and oxygen atoms in total. The molecule has 0 aliphatic heterocycles. The predicted octanol–water partition coefficient (Wildman–Crippen LogP) is 2.83. The molecule has 0 aliphatic rings. The van der Waals surface area contributed by atoms with Crippen molar-refractivity contribution in [1.82, 2.24) is 20.4 Å². The Kier molecular flexibility index (Phi) is 11.8. The van der Waals surface area contributed by atoms with E-state index >= 15 is 0 Å². The van der Waals surface area contributed by atoms with Crippen LogP contribution in [0.25, 0.3) is 5.69 Å². The Balaban J connectivity index is 0.00000392. The van der Waals surface area contributed by atoms with E-state index in [-0.39, 0.29) is 24.0 Å². The first-order valence-corrected chi connectivity index (χ1v) is 9.29. The summed E-state index contributed by atoms with van der Waals surface area (Å²) in [6.07, 6.45) is 0.911. The number of benzene rings is 1. The monoisotopic (exact) mass is 501 g/mol. The van der Waals surface area contributed by atoms with Crippen molar-refractivity contribution in [3.63, 3.8) is 0 Å². The third kappa shape index (κ3) is 7.40. The summed E-state index contributed by atoms with van der Waals surface area (Å²) in [5, 5.41) is 11.4. The lowest BCUT2D eigenvalue weighted by Crippen LogP contribution is -2.37. The van der Waals surface area contributed by atoms with Crippen molar-refractivity contribution in [3.05, 3.63) is 47.3 Å². The molecular weight excluding hydrogens is 469 g/mol. The molecule has 0 spiro atoms. The van der Waals surface area contributed by atoms with Gasteiger partial charge in [-0.15, -0.1) is 24.0 Å². The van der Waals surface area contributed by atoms with Gasteiger partial charge in [-0.05, 0) is 32.4 Å². The normalized spacial score (nSPS) is 11.2. The van der Waals surface area contributed by atoms with Crippen molar-refractivity contribution in [2.24, 2.45) is 4.99 Å². The van der Waals surface area contributed by atoms with Crippen LogP contribution in [0, 0.1) is 13.8 Å². The average Bonchev–Trinajstić information content (AvgIpc) is 2.98. The molecule has 2 N–H and O–H groups in total. The maximum atomic E-state index is 5.46. The first-order chi connectivity index (χ1) is 13.2. The molecule has 0 saturated carbocycles. The molecule has 28 heavy (non-hydrogen) atoms. The first kappa shape index (κ1) is 24.4. The second-order valence-electron chi connectivity index (χ2n) is 6.21. The van der Waals surface area contributed by atoms with Gasteiger partial charge in [-0.2, -0.15) is 5.10 Å². The molecule has 0 bridgehead atoms. The van der Waals surface area contributed by atoms with Crippen LogP contribution in [0.5, 0.6) is 0 Å². The van der Waals surface area contributed by atoms with Crippen LogP contribution in [0.2, 0.25) is 0 Å². The lowest BCUT2D eigenvalue weighted by Gasteiger charge is -2.12. The number of ether oxygens (including phenoxy) is 2. The van der Waals surface area contributed by atoms with E-state index in [1.165, 1.54) is 5.56 Å². The summed E-state index contributed by atoms with van der Waals surface area (Å²) in [7, 11) is 3.45. The second kappa shape index (κ2) is 13.5. The molecule has 0 unspecified atom stereocenters. The number of aliphatic imine (C=N–C) groups is 1. The van der Waals surface area contributed by atoms with Crippen LogP contribution >= 0.6 is 24.0 Å². The highest BCUT2D eigenvalue weighted by Crippen LogP contribution is 2.17. The van der Waals surface area contributed by atoms with Gasteiger partial charge in [0.1, 0.15) is 0 Å². The van der Waals surface area contributed by atoms with E-state index in [0.717, 1.165) is 36.0 Å². The van der Waals surface area contributed by atoms with Gasteiger partial charge in [0.15, 0.2) is 5.96 Å². The number of hydrogen-bond acceptors (Lipinski definition) is 4. The number of aromatic nitrogens is 2. The number of nitrogens with one attached hydrogen (secondary N) is 2. The fourth-order valence-corrected chi connectivity index (χ4v) is 2.77. The quantitative estimate of drug-likeness (QED) is 0.227. The van der Waals surface area contributed by atoms with Crippen LogP contribution in [-0.4, -0.2) is 56.3 Å².